The minimum Gasteiger partial charge on any atom is -0.358 e. The van der Waals surface area contributed by atoms with Crippen molar-refractivity contribution >= 4 is 27.5 Å². The zero-order valence-corrected chi connectivity index (χ0v) is 13.9. The van der Waals surface area contributed by atoms with Crippen LogP contribution in [0.15, 0.2) is 11.8 Å². The van der Waals surface area contributed by atoms with E-state index in [0.717, 1.165) is 0 Å². The summed E-state index contributed by atoms with van der Waals surface area (Å²) in [5.41, 5.74) is -6.90. The Balaban J connectivity index is 3.53. The van der Waals surface area contributed by atoms with E-state index >= 15 is 0 Å². The van der Waals surface area contributed by atoms with Gasteiger partial charge in [0.2, 0.25) is 0 Å². The van der Waals surface area contributed by atoms with Crippen LogP contribution in [0.2, 0.25) is 0 Å². The predicted octanol–water partition coefficient (Wildman–Crippen LogP) is 5.39. The number of rotatable bonds is 3. The lowest BCUT2D eigenvalue weighted by Crippen LogP contribution is -2.61. The topological polar surface area (TPSA) is 3.24 Å². The predicted molar refractivity (Wildman–Crippen MR) is 72.5 cm³/mol. The molecule has 1 heterocycles. The monoisotopic (exact) mass is 419 g/mol. The van der Waals surface area contributed by atoms with Gasteiger partial charge in [0.15, 0.2) is 0 Å². The molecule has 130 valence electrons. The number of halogens is 9. The SMILES string of the molecule is CCCN1C(C(F)(C(F)(F)F)C(F)(F)F)=CC(C)C(Cl)C1Br. The molecule has 0 aliphatic carbocycles. The molecule has 10 heteroatoms. The fourth-order valence-electron chi connectivity index (χ4n) is 2.24. The van der Waals surface area contributed by atoms with E-state index in [1.54, 1.807) is 6.92 Å². The zero-order chi connectivity index (χ0) is 17.5. The first-order chi connectivity index (χ1) is 9.79. The van der Waals surface area contributed by atoms with Crippen molar-refractivity contribution in [3.8, 4) is 0 Å². The van der Waals surface area contributed by atoms with Crippen molar-refractivity contribution < 1.29 is 30.7 Å². The molecule has 0 N–H and O–H groups in total. The van der Waals surface area contributed by atoms with Crippen LogP contribution in [0.4, 0.5) is 30.7 Å². The lowest BCUT2D eigenvalue weighted by molar-refractivity contribution is -0.331. The number of alkyl halides is 9. The van der Waals surface area contributed by atoms with Gasteiger partial charge in [-0.3, -0.25) is 0 Å². The molecule has 1 aliphatic rings. The Hall–Kier alpha value is -0.180. The molecule has 0 bridgehead atoms. The van der Waals surface area contributed by atoms with Crippen LogP contribution in [-0.4, -0.2) is 39.8 Å². The summed E-state index contributed by atoms with van der Waals surface area (Å²) in [6.07, 6.45) is -11.4. The van der Waals surface area contributed by atoms with E-state index in [1.807, 2.05) is 0 Å². The maximum atomic E-state index is 14.3. The molecular formula is C12H14BrClF7N. The molecular weight excluding hydrogens is 406 g/mol. The van der Waals surface area contributed by atoms with E-state index in [4.69, 9.17) is 11.6 Å². The van der Waals surface area contributed by atoms with Crippen molar-refractivity contribution in [1.29, 1.82) is 0 Å². The first kappa shape index (κ1) is 19.9. The Bertz CT molecular complexity index is 420. The van der Waals surface area contributed by atoms with Gasteiger partial charge in [0.1, 0.15) is 4.95 Å². The maximum absolute atomic E-state index is 14.3. The van der Waals surface area contributed by atoms with Gasteiger partial charge in [-0.25, -0.2) is 4.39 Å². The highest BCUT2D eigenvalue weighted by Gasteiger charge is 2.76. The van der Waals surface area contributed by atoms with Gasteiger partial charge in [0.05, 0.1) is 11.1 Å². The van der Waals surface area contributed by atoms with Crippen LogP contribution in [0.3, 0.4) is 0 Å². The van der Waals surface area contributed by atoms with E-state index in [1.165, 1.54) is 6.92 Å². The van der Waals surface area contributed by atoms with Crippen LogP contribution in [0.5, 0.6) is 0 Å². The molecule has 0 radical (unpaired) electrons. The maximum Gasteiger partial charge on any atom is 0.437 e. The summed E-state index contributed by atoms with van der Waals surface area (Å²) >= 11 is 8.95. The lowest BCUT2D eigenvalue weighted by atomic mass is 9.90. The molecule has 0 spiro atoms. The summed E-state index contributed by atoms with van der Waals surface area (Å²) in [5.74, 6) is -0.867. The second-order valence-electron chi connectivity index (χ2n) is 5.08. The summed E-state index contributed by atoms with van der Waals surface area (Å²) in [5, 5.41) is -0.791. The van der Waals surface area contributed by atoms with Crippen molar-refractivity contribution in [3.63, 3.8) is 0 Å². The number of hydrogen-bond acceptors (Lipinski definition) is 1. The van der Waals surface area contributed by atoms with E-state index in [2.05, 4.69) is 15.9 Å². The average molecular weight is 421 g/mol. The fourth-order valence-corrected chi connectivity index (χ4v) is 3.36. The highest BCUT2D eigenvalue weighted by atomic mass is 79.9. The van der Waals surface area contributed by atoms with Gasteiger partial charge >= 0.3 is 18.0 Å². The summed E-state index contributed by atoms with van der Waals surface area (Å²) < 4.78 is 91.9. The van der Waals surface area contributed by atoms with Crippen molar-refractivity contribution in [2.24, 2.45) is 5.92 Å². The molecule has 0 aromatic rings. The molecule has 0 fully saturated rings. The van der Waals surface area contributed by atoms with Crippen molar-refractivity contribution in [3.05, 3.63) is 11.8 Å². The van der Waals surface area contributed by atoms with E-state index < -0.39 is 40.0 Å². The highest BCUT2D eigenvalue weighted by Crippen LogP contribution is 2.53. The summed E-state index contributed by atoms with van der Waals surface area (Å²) in [4.78, 5) is -0.345. The van der Waals surface area contributed by atoms with Gasteiger partial charge in [-0.2, -0.15) is 26.3 Å². The molecule has 1 rings (SSSR count). The molecule has 1 aliphatic heterocycles. The van der Waals surface area contributed by atoms with Gasteiger partial charge in [-0.15, -0.1) is 11.6 Å². The Labute approximate surface area is 136 Å². The molecule has 3 unspecified atom stereocenters. The Morgan fingerprint density at radius 3 is 1.95 bits per heavy atom. The lowest BCUT2D eigenvalue weighted by Gasteiger charge is -2.45. The van der Waals surface area contributed by atoms with Gasteiger partial charge in [0, 0.05) is 6.54 Å². The molecule has 3 atom stereocenters. The first-order valence-electron chi connectivity index (χ1n) is 6.38. The number of allylic oxidation sites excluding steroid dienone is 2. The average Bonchev–Trinajstić information content (AvgIpc) is 2.35. The zero-order valence-electron chi connectivity index (χ0n) is 11.6. The third-order valence-electron chi connectivity index (χ3n) is 3.39. The van der Waals surface area contributed by atoms with E-state index in [9.17, 15) is 30.7 Å². The van der Waals surface area contributed by atoms with Crippen LogP contribution in [-0.2, 0) is 0 Å². The normalized spacial score (nSPS) is 27.9. The quantitative estimate of drug-likeness (QED) is 0.336. The van der Waals surface area contributed by atoms with E-state index in [-0.39, 0.29) is 13.0 Å². The molecule has 0 aromatic heterocycles. The van der Waals surface area contributed by atoms with Crippen LogP contribution in [0.25, 0.3) is 0 Å². The summed E-state index contributed by atoms with van der Waals surface area (Å²) in [6.45, 7) is 2.69. The smallest absolute Gasteiger partial charge is 0.358 e. The Morgan fingerprint density at radius 2 is 1.59 bits per heavy atom. The largest absolute Gasteiger partial charge is 0.437 e. The standard InChI is InChI=1S/C12H14BrClF7N/c1-3-4-22-7(5-6(2)8(14)9(22)13)10(15,11(16,17)18)12(19,20)21/h5-6,8-9H,3-4H2,1-2H3. The molecule has 1 nitrogen and oxygen atoms in total. The van der Waals surface area contributed by atoms with Crippen LogP contribution in [0.1, 0.15) is 20.3 Å². The third-order valence-corrected chi connectivity index (χ3v) is 5.40. The minimum absolute atomic E-state index is 0.199. The van der Waals surface area contributed by atoms with Crippen LogP contribution >= 0.6 is 27.5 Å². The molecule has 0 aromatic carbocycles. The second-order valence-corrected chi connectivity index (χ2v) is 6.52. The Morgan fingerprint density at radius 1 is 1.14 bits per heavy atom. The Kier molecular flexibility index (Phi) is 5.76. The molecule has 0 saturated carbocycles. The first-order valence-corrected chi connectivity index (χ1v) is 7.73. The second kappa shape index (κ2) is 6.37. The van der Waals surface area contributed by atoms with Gasteiger partial charge < -0.3 is 4.90 Å². The van der Waals surface area contributed by atoms with Crippen molar-refractivity contribution in [2.45, 2.75) is 48.6 Å². The van der Waals surface area contributed by atoms with Gasteiger partial charge in [-0.05, 0) is 12.3 Å². The number of hydrogen-bond donors (Lipinski definition) is 0. The minimum atomic E-state index is -6.13. The van der Waals surface area contributed by atoms with Gasteiger partial charge in [0.25, 0.3) is 0 Å². The highest BCUT2D eigenvalue weighted by molar-refractivity contribution is 9.09. The van der Waals surface area contributed by atoms with Crippen LogP contribution in [0, 0.1) is 5.92 Å². The summed E-state index contributed by atoms with van der Waals surface area (Å²) in [6, 6.07) is 0. The van der Waals surface area contributed by atoms with Crippen LogP contribution < -0.4 is 0 Å². The number of nitrogens with zero attached hydrogens (tertiary/aromatic N) is 1. The van der Waals surface area contributed by atoms with Crippen molar-refractivity contribution in [1.82, 2.24) is 4.90 Å². The van der Waals surface area contributed by atoms with Gasteiger partial charge in [-0.1, -0.05) is 35.9 Å². The van der Waals surface area contributed by atoms with Crippen molar-refractivity contribution in [2.75, 3.05) is 6.54 Å². The summed E-state index contributed by atoms with van der Waals surface area (Å²) in [7, 11) is 0. The third kappa shape index (κ3) is 3.20. The molecule has 0 amide bonds. The fraction of sp³-hybridized carbons (Fsp3) is 0.833. The molecule has 22 heavy (non-hydrogen) atoms. The van der Waals surface area contributed by atoms with E-state index in [0.29, 0.717) is 11.0 Å². The molecule has 0 saturated heterocycles.